The molecule has 1 aliphatic carbocycles. The van der Waals surface area contributed by atoms with E-state index in [1.54, 1.807) is 0 Å². The van der Waals surface area contributed by atoms with Crippen LogP contribution in [0.1, 0.15) is 37.9 Å². The minimum absolute atomic E-state index is 0.148. The Morgan fingerprint density at radius 1 is 1.13 bits per heavy atom. The molecule has 0 bridgehead atoms. The summed E-state index contributed by atoms with van der Waals surface area (Å²) in [5.74, 6) is 2.58. The van der Waals surface area contributed by atoms with Crippen LogP contribution in [0.15, 0.2) is 12.4 Å². The van der Waals surface area contributed by atoms with Gasteiger partial charge in [-0.25, -0.2) is 4.98 Å². The highest BCUT2D eigenvalue weighted by Gasteiger charge is 2.30. The van der Waals surface area contributed by atoms with Crippen LogP contribution < -0.4 is 0 Å². The van der Waals surface area contributed by atoms with Gasteiger partial charge in [0.15, 0.2) is 0 Å². The summed E-state index contributed by atoms with van der Waals surface area (Å²) >= 11 is 0. The molecule has 0 aromatic carbocycles. The minimum atomic E-state index is 0.148. The van der Waals surface area contributed by atoms with Crippen LogP contribution in [0.4, 0.5) is 0 Å². The summed E-state index contributed by atoms with van der Waals surface area (Å²) in [6, 6.07) is 0. The van der Waals surface area contributed by atoms with E-state index in [2.05, 4.69) is 19.4 Å². The fourth-order valence-electron chi connectivity index (χ4n) is 4.24. The highest BCUT2D eigenvalue weighted by Crippen LogP contribution is 2.27. The van der Waals surface area contributed by atoms with Gasteiger partial charge in [0.2, 0.25) is 5.91 Å². The minimum Gasteiger partial charge on any atom is -0.341 e. The van der Waals surface area contributed by atoms with Gasteiger partial charge in [0.1, 0.15) is 5.82 Å². The maximum atomic E-state index is 12.9. The van der Waals surface area contributed by atoms with Crippen LogP contribution in [0.2, 0.25) is 0 Å². The second-order valence-electron chi connectivity index (χ2n) is 7.51. The number of imidazole rings is 1. The van der Waals surface area contributed by atoms with Crippen molar-refractivity contribution in [2.45, 2.75) is 45.1 Å². The molecular weight excluding hydrogens is 288 g/mol. The van der Waals surface area contributed by atoms with Crippen molar-refractivity contribution in [1.82, 2.24) is 19.4 Å². The van der Waals surface area contributed by atoms with Crippen molar-refractivity contribution in [2.75, 3.05) is 32.7 Å². The van der Waals surface area contributed by atoms with Crippen LogP contribution in [0.3, 0.4) is 0 Å². The predicted octanol–water partition coefficient (Wildman–Crippen LogP) is 1.78. The molecule has 5 heteroatoms. The van der Waals surface area contributed by atoms with Gasteiger partial charge in [0.25, 0.3) is 0 Å². The third-order valence-corrected chi connectivity index (χ3v) is 5.93. The molecule has 1 saturated heterocycles. The summed E-state index contributed by atoms with van der Waals surface area (Å²) in [7, 11) is 0. The van der Waals surface area contributed by atoms with Gasteiger partial charge in [0.05, 0.1) is 5.92 Å². The molecule has 3 aliphatic rings. The van der Waals surface area contributed by atoms with Crippen LogP contribution in [0, 0.1) is 11.8 Å². The zero-order valence-electron chi connectivity index (χ0n) is 14.0. The number of hydrogen-bond donors (Lipinski definition) is 0. The molecule has 3 heterocycles. The van der Waals surface area contributed by atoms with Crippen molar-refractivity contribution in [3.63, 3.8) is 0 Å². The summed E-state index contributed by atoms with van der Waals surface area (Å²) in [6.45, 7) is 6.15. The van der Waals surface area contributed by atoms with Crippen molar-refractivity contribution >= 4 is 5.91 Å². The van der Waals surface area contributed by atoms with Gasteiger partial charge >= 0.3 is 0 Å². The lowest BCUT2D eigenvalue weighted by Crippen LogP contribution is -2.42. The van der Waals surface area contributed by atoms with Crippen molar-refractivity contribution in [2.24, 2.45) is 11.8 Å². The molecule has 0 radical (unpaired) electrons. The van der Waals surface area contributed by atoms with Gasteiger partial charge in [-0.3, -0.25) is 4.79 Å². The van der Waals surface area contributed by atoms with Gasteiger partial charge in [-0.1, -0.05) is 6.42 Å². The Balaban J connectivity index is 1.32. The first kappa shape index (κ1) is 15.2. The summed E-state index contributed by atoms with van der Waals surface area (Å²) < 4.78 is 2.16. The van der Waals surface area contributed by atoms with Crippen LogP contribution in [0.5, 0.6) is 0 Å². The van der Waals surface area contributed by atoms with Gasteiger partial charge in [-0.2, -0.15) is 0 Å². The van der Waals surface area contributed by atoms with Crippen molar-refractivity contribution in [3.05, 3.63) is 18.2 Å². The van der Waals surface area contributed by atoms with E-state index >= 15 is 0 Å². The fourth-order valence-corrected chi connectivity index (χ4v) is 4.24. The summed E-state index contributed by atoms with van der Waals surface area (Å²) in [5.41, 5.74) is 0. The van der Waals surface area contributed by atoms with E-state index in [-0.39, 0.29) is 5.92 Å². The lowest BCUT2D eigenvalue weighted by atomic mass is 9.85. The molecule has 5 nitrogen and oxygen atoms in total. The molecule has 126 valence electrons. The highest BCUT2D eigenvalue weighted by molar-refractivity contribution is 5.79. The molecule has 23 heavy (non-hydrogen) atoms. The summed E-state index contributed by atoms with van der Waals surface area (Å²) in [4.78, 5) is 22.0. The molecule has 1 amide bonds. The van der Waals surface area contributed by atoms with Crippen molar-refractivity contribution in [3.8, 4) is 0 Å². The maximum Gasteiger partial charge on any atom is 0.227 e. The van der Waals surface area contributed by atoms with Gasteiger partial charge in [-0.15, -0.1) is 0 Å². The Morgan fingerprint density at radius 2 is 2.04 bits per heavy atom. The topological polar surface area (TPSA) is 41.4 Å². The monoisotopic (exact) mass is 316 g/mol. The van der Waals surface area contributed by atoms with E-state index in [0.29, 0.717) is 5.91 Å². The number of rotatable bonds is 3. The Morgan fingerprint density at radius 3 is 2.87 bits per heavy atom. The number of fused-ring (bicyclic) bond motifs is 1. The highest BCUT2D eigenvalue weighted by atomic mass is 16.2. The van der Waals surface area contributed by atoms with Crippen LogP contribution in [-0.4, -0.2) is 58.0 Å². The molecule has 0 N–H and O–H groups in total. The number of nitrogens with zero attached hydrogens (tertiary/aromatic N) is 4. The fraction of sp³-hybridized carbons (Fsp3) is 0.778. The van der Waals surface area contributed by atoms with Crippen LogP contribution in [-0.2, 0) is 17.8 Å². The average molecular weight is 316 g/mol. The normalized spacial score (nSPS) is 26.4. The Labute approximate surface area is 138 Å². The summed E-state index contributed by atoms with van der Waals surface area (Å²) in [6.07, 6.45) is 11.1. The predicted molar refractivity (Wildman–Crippen MR) is 89.0 cm³/mol. The first-order valence-electron chi connectivity index (χ1n) is 9.31. The van der Waals surface area contributed by atoms with E-state index in [9.17, 15) is 4.79 Å². The van der Waals surface area contributed by atoms with Crippen molar-refractivity contribution < 1.29 is 4.79 Å². The SMILES string of the molecule is O=C(C1CCc2nccn2C1)N1CCCN(CC2CCC2)CC1. The average Bonchev–Trinajstić information content (AvgIpc) is 2.87. The Kier molecular flexibility index (Phi) is 4.38. The molecule has 1 aromatic rings. The summed E-state index contributed by atoms with van der Waals surface area (Å²) in [5, 5.41) is 0. The number of carbonyl (C=O) groups is 1. The maximum absolute atomic E-state index is 12.9. The lowest BCUT2D eigenvalue weighted by Gasteiger charge is -2.32. The van der Waals surface area contributed by atoms with Gasteiger partial charge in [0, 0.05) is 51.5 Å². The molecule has 0 spiro atoms. The van der Waals surface area contributed by atoms with E-state index in [1.165, 1.54) is 25.8 Å². The zero-order valence-corrected chi connectivity index (χ0v) is 14.0. The van der Waals surface area contributed by atoms with Crippen molar-refractivity contribution in [1.29, 1.82) is 0 Å². The quantitative estimate of drug-likeness (QED) is 0.853. The molecule has 1 aromatic heterocycles. The smallest absolute Gasteiger partial charge is 0.227 e. The largest absolute Gasteiger partial charge is 0.341 e. The first-order valence-corrected chi connectivity index (χ1v) is 9.31. The lowest BCUT2D eigenvalue weighted by molar-refractivity contribution is -0.136. The number of aromatic nitrogens is 2. The molecule has 2 aliphatic heterocycles. The van der Waals surface area contributed by atoms with E-state index < -0.39 is 0 Å². The van der Waals surface area contributed by atoms with E-state index in [1.807, 2.05) is 12.4 Å². The third-order valence-electron chi connectivity index (χ3n) is 5.93. The van der Waals surface area contributed by atoms with Crippen LogP contribution in [0.25, 0.3) is 0 Å². The zero-order chi connectivity index (χ0) is 15.6. The molecule has 1 unspecified atom stereocenters. The number of hydrogen-bond acceptors (Lipinski definition) is 3. The molecule has 2 fully saturated rings. The first-order chi connectivity index (χ1) is 11.3. The third kappa shape index (κ3) is 3.30. The van der Waals surface area contributed by atoms with Crippen LogP contribution >= 0.6 is 0 Å². The van der Waals surface area contributed by atoms with Gasteiger partial charge in [-0.05, 0) is 38.1 Å². The van der Waals surface area contributed by atoms with E-state index in [4.69, 9.17) is 0 Å². The molecule has 1 saturated carbocycles. The second-order valence-corrected chi connectivity index (χ2v) is 7.51. The van der Waals surface area contributed by atoms with E-state index in [0.717, 1.165) is 63.7 Å². The molecule has 1 atom stereocenters. The number of aryl methyl sites for hydroxylation is 1. The Bertz CT molecular complexity index is 551. The molecular formula is C18H28N4O. The Hall–Kier alpha value is -1.36. The molecule has 4 rings (SSSR count). The second kappa shape index (κ2) is 6.63. The van der Waals surface area contributed by atoms with Gasteiger partial charge < -0.3 is 14.4 Å². The number of carbonyl (C=O) groups excluding carboxylic acids is 1. The number of amides is 1. The standard InChI is InChI=1S/C18H28N4O/c23-18(16-5-6-17-19-7-10-22(17)14-16)21-9-2-8-20(11-12-21)13-15-3-1-4-15/h7,10,15-16H,1-6,8-9,11-14H2.